The molecular weight excluding hydrogens is 375 g/mol. The second-order valence-electron chi connectivity index (χ2n) is 6.36. The van der Waals surface area contributed by atoms with Gasteiger partial charge in [-0.05, 0) is 5.56 Å². The molecule has 0 atom stereocenters. The van der Waals surface area contributed by atoms with E-state index in [9.17, 15) is 22.8 Å². The average molecular weight is 399 g/mol. The van der Waals surface area contributed by atoms with Crippen LogP contribution in [0.2, 0.25) is 0 Å². The number of rotatable bonds is 7. The summed E-state index contributed by atoms with van der Waals surface area (Å²) < 4.78 is 39.8. The number of hydrogen-bond donors (Lipinski definition) is 1. The second kappa shape index (κ2) is 10.7. The zero-order valence-electron chi connectivity index (χ0n) is 15.5. The topological polar surface area (TPSA) is 61.9 Å². The zero-order valence-corrected chi connectivity index (χ0v) is 15.5. The van der Waals surface area contributed by atoms with Crippen LogP contribution in [0.4, 0.5) is 18.0 Å². The van der Waals surface area contributed by atoms with Gasteiger partial charge < -0.3 is 15.0 Å². The molecule has 0 unspecified atom stereocenters. The van der Waals surface area contributed by atoms with Gasteiger partial charge >= 0.3 is 12.3 Å². The van der Waals surface area contributed by atoms with Gasteiger partial charge in [-0.15, -0.1) is 0 Å². The van der Waals surface area contributed by atoms with Gasteiger partial charge in [-0.25, -0.2) is 4.79 Å². The monoisotopic (exact) mass is 399 g/mol. The maximum atomic E-state index is 12.1. The molecule has 9 heteroatoms. The highest BCUT2D eigenvalue weighted by Gasteiger charge is 2.29. The molecule has 0 aromatic heterocycles. The molecule has 1 aromatic carbocycles. The minimum Gasteiger partial charge on any atom is -0.440 e. The number of alkyl halides is 3. The SMILES string of the molecule is O=C(NCCC(=O)N1CCN(CC=Cc2ccccc2)CC1)OCC(F)(F)F. The van der Waals surface area contributed by atoms with Gasteiger partial charge in [-0.1, -0.05) is 42.5 Å². The summed E-state index contributed by atoms with van der Waals surface area (Å²) in [4.78, 5) is 27.2. The van der Waals surface area contributed by atoms with Gasteiger partial charge in [-0.2, -0.15) is 13.2 Å². The molecule has 0 aliphatic carbocycles. The summed E-state index contributed by atoms with van der Waals surface area (Å²) in [5.74, 6) is -0.143. The Hall–Kier alpha value is -2.55. The molecule has 0 bridgehead atoms. The van der Waals surface area contributed by atoms with Gasteiger partial charge in [0.1, 0.15) is 0 Å². The van der Waals surface area contributed by atoms with E-state index < -0.39 is 18.9 Å². The molecule has 1 heterocycles. The Morgan fingerprint density at radius 3 is 2.43 bits per heavy atom. The van der Waals surface area contributed by atoms with Gasteiger partial charge in [0, 0.05) is 45.7 Å². The Morgan fingerprint density at radius 1 is 1.11 bits per heavy atom. The molecule has 2 amide bonds. The van der Waals surface area contributed by atoms with Crippen LogP contribution in [-0.4, -0.2) is 73.9 Å². The summed E-state index contributed by atoms with van der Waals surface area (Å²) in [6.07, 6.45) is -1.58. The van der Waals surface area contributed by atoms with Crippen molar-refractivity contribution in [1.29, 1.82) is 0 Å². The third-order valence-electron chi connectivity index (χ3n) is 4.17. The van der Waals surface area contributed by atoms with E-state index in [0.717, 1.165) is 25.2 Å². The molecule has 2 rings (SSSR count). The number of hydrogen-bond acceptors (Lipinski definition) is 4. The molecule has 154 valence electrons. The molecule has 1 fully saturated rings. The lowest BCUT2D eigenvalue weighted by Crippen LogP contribution is -2.49. The van der Waals surface area contributed by atoms with Crippen LogP contribution in [0.5, 0.6) is 0 Å². The first-order chi connectivity index (χ1) is 13.3. The number of nitrogens with zero attached hydrogens (tertiary/aromatic N) is 2. The molecule has 0 radical (unpaired) electrons. The van der Waals surface area contributed by atoms with Gasteiger partial charge in [0.25, 0.3) is 0 Å². The summed E-state index contributed by atoms with van der Waals surface area (Å²) in [6, 6.07) is 9.98. The number of ether oxygens (including phenoxy) is 1. The predicted molar refractivity (Wildman–Crippen MR) is 98.5 cm³/mol. The van der Waals surface area contributed by atoms with Crippen LogP contribution in [0.3, 0.4) is 0 Å². The van der Waals surface area contributed by atoms with Crippen LogP contribution < -0.4 is 5.32 Å². The van der Waals surface area contributed by atoms with E-state index in [1.54, 1.807) is 4.90 Å². The highest BCUT2D eigenvalue weighted by molar-refractivity contribution is 5.77. The maximum Gasteiger partial charge on any atom is 0.422 e. The lowest BCUT2D eigenvalue weighted by atomic mass is 10.2. The first kappa shape index (κ1) is 21.7. The van der Waals surface area contributed by atoms with E-state index in [1.807, 2.05) is 30.3 Å². The Bertz CT molecular complexity index is 657. The molecule has 6 nitrogen and oxygen atoms in total. The van der Waals surface area contributed by atoms with Crippen molar-refractivity contribution in [2.75, 3.05) is 45.9 Å². The summed E-state index contributed by atoms with van der Waals surface area (Å²) in [7, 11) is 0. The minimum absolute atomic E-state index is 0.0228. The number of nitrogens with one attached hydrogen (secondary N) is 1. The highest BCUT2D eigenvalue weighted by Crippen LogP contribution is 2.14. The van der Waals surface area contributed by atoms with Crippen LogP contribution in [0, 0.1) is 0 Å². The Morgan fingerprint density at radius 2 is 1.79 bits per heavy atom. The number of amides is 2. The smallest absolute Gasteiger partial charge is 0.422 e. The molecule has 0 spiro atoms. The van der Waals surface area contributed by atoms with Crippen molar-refractivity contribution in [3.63, 3.8) is 0 Å². The molecular formula is C19H24F3N3O3. The fourth-order valence-electron chi connectivity index (χ4n) is 2.71. The second-order valence-corrected chi connectivity index (χ2v) is 6.36. The minimum atomic E-state index is -4.57. The van der Waals surface area contributed by atoms with E-state index in [2.05, 4.69) is 27.1 Å². The average Bonchev–Trinajstić information content (AvgIpc) is 2.67. The van der Waals surface area contributed by atoms with E-state index >= 15 is 0 Å². The highest BCUT2D eigenvalue weighted by atomic mass is 19.4. The summed E-state index contributed by atoms with van der Waals surface area (Å²) >= 11 is 0. The third kappa shape index (κ3) is 8.43. The summed E-state index contributed by atoms with van der Waals surface area (Å²) in [5.41, 5.74) is 1.14. The number of piperazine rings is 1. The Kier molecular flexibility index (Phi) is 8.31. The standard InChI is InChI=1S/C19H24F3N3O3/c20-19(21,22)15-28-18(27)23-9-8-17(26)25-13-11-24(12-14-25)10-4-7-16-5-2-1-3-6-16/h1-7H,8-15H2,(H,23,27). The van der Waals surface area contributed by atoms with Crippen molar-refractivity contribution in [2.45, 2.75) is 12.6 Å². The van der Waals surface area contributed by atoms with Crippen molar-refractivity contribution in [1.82, 2.24) is 15.1 Å². The van der Waals surface area contributed by atoms with Crippen LogP contribution in [0.25, 0.3) is 6.08 Å². The normalized spacial score (nSPS) is 15.6. The van der Waals surface area contributed by atoms with Gasteiger partial charge in [0.2, 0.25) is 5.91 Å². The largest absolute Gasteiger partial charge is 0.440 e. The van der Waals surface area contributed by atoms with Gasteiger partial charge in [0.15, 0.2) is 6.61 Å². The summed E-state index contributed by atoms with van der Waals surface area (Å²) in [6.45, 7) is 1.73. The maximum absolute atomic E-state index is 12.1. The van der Waals surface area contributed by atoms with E-state index in [4.69, 9.17) is 0 Å². The molecule has 28 heavy (non-hydrogen) atoms. The van der Waals surface area contributed by atoms with Crippen LogP contribution in [0.15, 0.2) is 36.4 Å². The Labute approximate surface area is 161 Å². The number of carbonyl (C=O) groups is 2. The number of carbonyl (C=O) groups excluding carboxylic acids is 2. The number of halogens is 3. The van der Waals surface area contributed by atoms with Gasteiger partial charge in [-0.3, -0.25) is 9.69 Å². The van der Waals surface area contributed by atoms with Crippen molar-refractivity contribution in [2.24, 2.45) is 0 Å². The number of alkyl carbamates (subject to hydrolysis) is 1. The molecule has 1 aromatic rings. The zero-order chi connectivity index (χ0) is 20.4. The molecule has 0 saturated carbocycles. The van der Waals surface area contributed by atoms with E-state index in [1.165, 1.54) is 0 Å². The van der Waals surface area contributed by atoms with Crippen LogP contribution in [0.1, 0.15) is 12.0 Å². The Balaban J connectivity index is 1.60. The molecule has 1 aliphatic heterocycles. The first-order valence-electron chi connectivity index (χ1n) is 9.02. The van der Waals surface area contributed by atoms with Crippen molar-refractivity contribution >= 4 is 18.1 Å². The molecule has 1 aliphatic rings. The lowest BCUT2D eigenvalue weighted by molar-refractivity contribution is -0.160. The lowest BCUT2D eigenvalue weighted by Gasteiger charge is -2.34. The van der Waals surface area contributed by atoms with Crippen LogP contribution >= 0.6 is 0 Å². The van der Waals surface area contributed by atoms with Crippen molar-refractivity contribution in [3.8, 4) is 0 Å². The van der Waals surface area contributed by atoms with Crippen molar-refractivity contribution < 1.29 is 27.5 Å². The number of benzene rings is 1. The van der Waals surface area contributed by atoms with E-state index in [-0.39, 0.29) is 18.9 Å². The van der Waals surface area contributed by atoms with Crippen molar-refractivity contribution in [3.05, 3.63) is 42.0 Å². The first-order valence-corrected chi connectivity index (χ1v) is 9.02. The quantitative estimate of drug-likeness (QED) is 0.766. The van der Waals surface area contributed by atoms with Gasteiger partial charge in [0.05, 0.1) is 0 Å². The molecule has 1 N–H and O–H groups in total. The fraction of sp³-hybridized carbons (Fsp3) is 0.474. The van der Waals surface area contributed by atoms with Crippen LogP contribution in [-0.2, 0) is 9.53 Å². The third-order valence-corrected chi connectivity index (χ3v) is 4.17. The van der Waals surface area contributed by atoms with E-state index in [0.29, 0.717) is 13.1 Å². The predicted octanol–water partition coefficient (Wildman–Crippen LogP) is 2.52. The summed E-state index contributed by atoms with van der Waals surface area (Å²) in [5, 5.41) is 2.15. The fourth-order valence-corrected chi connectivity index (χ4v) is 2.71. The molecule has 1 saturated heterocycles.